The van der Waals surface area contributed by atoms with Crippen molar-refractivity contribution in [3.05, 3.63) is 24.4 Å². The van der Waals surface area contributed by atoms with Gasteiger partial charge in [0.15, 0.2) is 5.96 Å². The number of hydrogen-bond acceptors (Lipinski definition) is 3. The summed E-state index contributed by atoms with van der Waals surface area (Å²) in [6.07, 6.45) is 12.7. The van der Waals surface area contributed by atoms with Crippen molar-refractivity contribution in [3.63, 3.8) is 0 Å². The Kier molecular flexibility index (Phi) is 6.15. The summed E-state index contributed by atoms with van der Waals surface area (Å²) in [5.41, 5.74) is 0. The van der Waals surface area contributed by atoms with Crippen LogP contribution < -0.4 is 15.5 Å². The Hall–Kier alpha value is -1.78. The molecule has 3 fully saturated rings. The van der Waals surface area contributed by atoms with Gasteiger partial charge in [0.25, 0.3) is 0 Å². The lowest BCUT2D eigenvalue weighted by Crippen LogP contribution is -2.49. The molecule has 2 unspecified atom stereocenters. The van der Waals surface area contributed by atoms with Gasteiger partial charge in [0, 0.05) is 37.9 Å². The number of aliphatic imine (C=N–C) groups is 1. The molecule has 27 heavy (non-hydrogen) atoms. The molecule has 2 aliphatic carbocycles. The lowest BCUT2D eigenvalue weighted by molar-refractivity contribution is 0.315. The molecule has 1 aromatic heterocycles. The highest BCUT2D eigenvalue weighted by atomic mass is 15.2. The molecule has 0 aromatic carbocycles. The second-order valence-corrected chi connectivity index (χ2v) is 8.47. The third-order valence-electron chi connectivity index (χ3n) is 6.54. The number of nitrogens with one attached hydrogen (secondary N) is 2. The molecule has 1 saturated heterocycles. The first kappa shape index (κ1) is 18.6. The van der Waals surface area contributed by atoms with E-state index in [0.29, 0.717) is 12.1 Å². The summed E-state index contributed by atoms with van der Waals surface area (Å²) in [6, 6.07) is 7.32. The Balaban J connectivity index is 1.24. The second kappa shape index (κ2) is 8.94. The van der Waals surface area contributed by atoms with E-state index in [1.54, 1.807) is 0 Å². The predicted molar refractivity (Wildman–Crippen MR) is 112 cm³/mol. The van der Waals surface area contributed by atoms with Gasteiger partial charge < -0.3 is 15.5 Å². The van der Waals surface area contributed by atoms with E-state index < -0.39 is 0 Å². The first-order valence-corrected chi connectivity index (χ1v) is 11.1. The summed E-state index contributed by atoms with van der Waals surface area (Å²) in [5.74, 6) is 3.99. The molecule has 5 nitrogen and oxygen atoms in total. The van der Waals surface area contributed by atoms with E-state index in [9.17, 15) is 0 Å². The van der Waals surface area contributed by atoms with Gasteiger partial charge in [0.2, 0.25) is 0 Å². The maximum absolute atomic E-state index is 4.72. The van der Waals surface area contributed by atoms with Crippen LogP contribution in [0.2, 0.25) is 0 Å². The molecule has 0 radical (unpaired) electrons. The van der Waals surface area contributed by atoms with Gasteiger partial charge in [-0.2, -0.15) is 0 Å². The minimum Gasteiger partial charge on any atom is -0.356 e. The Morgan fingerprint density at radius 2 is 1.93 bits per heavy atom. The highest BCUT2D eigenvalue weighted by molar-refractivity contribution is 5.80. The minimum absolute atomic E-state index is 0.509. The normalized spacial score (nSPS) is 27.4. The van der Waals surface area contributed by atoms with Crippen molar-refractivity contribution in [2.45, 2.75) is 70.4 Å². The van der Waals surface area contributed by atoms with Gasteiger partial charge in [-0.15, -0.1) is 0 Å². The zero-order chi connectivity index (χ0) is 18.5. The van der Waals surface area contributed by atoms with Crippen LogP contribution in [0.1, 0.15) is 58.3 Å². The zero-order valence-electron chi connectivity index (χ0n) is 16.7. The quantitative estimate of drug-likeness (QED) is 0.615. The third-order valence-corrected chi connectivity index (χ3v) is 6.54. The van der Waals surface area contributed by atoms with E-state index >= 15 is 0 Å². The summed E-state index contributed by atoms with van der Waals surface area (Å²) < 4.78 is 0. The lowest BCUT2D eigenvalue weighted by atomic mass is 9.85. The Bertz CT molecular complexity index is 602. The van der Waals surface area contributed by atoms with E-state index in [4.69, 9.17) is 4.99 Å². The number of aromatic nitrogens is 1. The number of guanidine groups is 1. The van der Waals surface area contributed by atoms with Crippen LogP contribution in [0.3, 0.4) is 0 Å². The van der Waals surface area contributed by atoms with Crippen molar-refractivity contribution in [1.29, 1.82) is 0 Å². The summed E-state index contributed by atoms with van der Waals surface area (Å²) in [6.45, 7) is 5.08. The largest absolute Gasteiger partial charge is 0.356 e. The lowest BCUT2D eigenvalue weighted by Gasteiger charge is -2.34. The van der Waals surface area contributed by atoms with Crippen molar-refractivity contribution in [2.24, 2.45) is 16.8 Å². The molecule has 4 rings (SSSR count). The van der Waals surface area contributed by atoms with Crippen LogP contribution in [0.15, 0.2) is 29.4 Å². The number of piperidine rings is 1. The molecule has 0 bridgehead atoms. The predicted octanol–water partition coefficient (Wildman–Crippen LogP) is 3.57. The summed E-state index contributed by atoms with van der Waals surface area (Å²) >= 11 is 0. The molecular formula is C22H35N5. The van der Waals surface area contributed by atoms with Crippen LogP contribution in [-0.4, -0.2) is 42.7 Å². The summed E-state index contributed by atoms with van der Waals surface area (Å²) in [5, 5.41) is 7.46. The SMILES string of the molecule is CCN=C(NC1CCN(c2ccccn2)CC1)NC1CC1C1CCCCC1. The van der Waals surface area contributed by atoms with Crippen LogP contribution in [0.5, 0.6) is 0 Å². The van der Waals surface area contributed by atoms with E-state index in [0.717, 1.165) is 56.1 Å². The molecule has 148 valence electrons. The molecule has 2 heterocycles. The maximum atomic E-state index is 4.72. The smallest absolute Gasteiger partial charge is 0.191 e. The Labute approximate surface area is 164 Å². The van der Waals surface area contributed by atoms with Crippen molar-refractivity contribution < 1.29 is 0 Å². The van der Waals surface area contributed by atoms with E-state index in [1.807, 2.05) is 12.3 Å². The molecule has 0 spiro atoms. The van der Waals surface area contributed by atoms with Gasteiger partial charge in [-0.25, -0.2) is 4.98 Å². The van der Waals surface area contributed by atoms with Gasteiger partial charge in [0.05, 0.1) is 0 Å². The first-order chi connectivity index (χ1) is 13.3. The fraction of sp³-hybridized carbons (Fsp3) is 0.727. The van der Waals surface area contributed by atoms with E-state index in [-0.39, 0.29) is 0 Å². The number of pyridine rings is 1. The average Bonchev–Trinajstić information content (AvgIpc) is 3.49. The van der Waals surface area contributed by atoms with Crippen LogP contribution >= 0.6 is 0 Å². The molecule has 3 aliphatic rings. The topological polar surface area (TPSA) is 52.6 Å². The van der Waals surface area contributed by atoms with Gasteiger partial charge in [-0.1, -0.05) is 38.2 Å². The third kappa shape index (κ3) is 4.94. The fourth-order valence-electron chi connectivity index (χ4n) is 4.92. The van der Waals surface area contributed by atoms with Crippen LogP contribution in [0.25, 0.3) is 0 Å². The van der Waals surface area contributed by atoms with Crippen molar-refractivity contribution in [3.8, 4) is 0 Å². The highest BCUT2D eigenvalue weighted by Gasteiger charge is 2.43. The maximum Gasteiger partial charge on any atom is 0.191 e. The summed E-state index contributed by atoms with van der Waals surface area (Å²) in [7, 11) is 0. The molecule has 2 saturated carbocycles. The average molecular weight is 370 g/mol. The van der Waals surface area contributed by atoms with Crippen LogP contribution in [-0.2, 0) is 0 Å². The van der Waals surface area contributed by atoms with E-state index in [2.05, 4.69) is 39.6 Å². The van der Waals surface area contributed by atoms with Gasteiger partial charge in [-0.05, 0) is 50.2 Å². The van der Waals surface area contributed by atoms with Gasteiger partial charge >= 0.3 is 0 Å². The highest BCUT2D eigenvalue weighted by Crippen LogP contribution is 2.44. The number of nitrogens with zero attached hydrogens (tertiary/aromatic N) is 3. The number of hydrogen-bond donors (Lipinski definition) is 2. The molecule has 1 aliphatic heterocycles. The molecule has 5 heteroatoms. The molecule has 0 amide bonds. The Morgan fingerprint density at radius 1 is 1.11 bits per heavy atom. The van der Waals surface area contributed by atoms with Crippen molar-refractivity contribution in [1.82, 2.24) is 15.6 Å². The molecule has 1 aromatic rings. The Morgan fingerprint density at radius 3 is 2.63 bits per heavy atom. The summed E-state index contributed by atoms with van der Waals surface area (Å²) in [4.78, 5) is 11.6. The minimum atomic E-state index is 0.509. The van der Waals surface area contributed by atoms with Gasteiger partial charge in [0.1, 0.15) is 5.82 Å². The zero-order valence-corrected chi connectivity index (χ0v) is 16.7. The van der Waals surface area contributed by atoms with Crippen molar-refractivity contribution >= 4 is 11.8 Å². The monoisotopic (exact) mass is 369 g/mol. The fourth-order valence-corrected chi connectivity index (χ4v) is 4.92. The number of anilines is 1. The first-order valence-electron chi connectivity index (χ1n) is 11.1. The van der Waals surface area contributed by atoms with Crippen LogP contribution in [0, 0.1) is 11.8 Å². The van der Waals surface area contributed by atoms with E-state index in [1.165, 1.54) is 38.5 Å². The van der Waals surface area contributed by atoms with Crippen LogP contribution in [0.4, 0.5) is 5.82 Å². The number of rotatable bonds is 5. The standard InChI is InChI=1S/C22H35N5/c1-2-23-22(26-20-16-19(20)17-8-4-3-5-9-17)25-18-11-14-27(15-12-18)21-10-6-7-13-24-21/h6-7,10,13,17-20H,2-5,8-9,11-12,14-16H2,1H3,(H2,23,25,26). The molecule has 2 atom stereocenters. The molecular weight excluding hydrogens is 334 g/mol. The second-order valence-electron chi connectivity index (χ2n) is 8.47. The molecule has 2 N–H and O–H groups in total. The van der Waals surface area contributed by atoms with Gasteiger partial charge in [-0.3, -0.25) is 4.99 Å². The van der Waals surface area contributed by atoms with Crippen molar-refractivity contribution in [2.75, 3.05) is 24.5 Å².